The van der Waals surface area contributed by atoms with Crippen molar-refractivity contribution < 1.29 is 147 Å². The molecule has 0 atom stereocenters. The molecular weight excluding hydrogens is 1020 g/mol. The van der Waals surface area contributed by atoms with Crippen molar-refractivity contribution in [3.05, 3.63) is 0 Å². The summed E-state index contributed by atoms with van der Waals surface area (Å²) in [6, 6.07) is 0. The van der Waals surface area contributed by atoms with Crippen LogP contribution in [0, 0.1) is 0 Å². The van der Waals surface area contributed by atoms with Gasteiger partial charge in [0, 0.05) is 54.6 Å². The minimum Gasteiger partial charge on any atom is -0.506 e. The number of rotatable bonds is 3. The van der Waals surface area contributed by atoms with Crippen molar-refractivity contribution in [3.63, 3.8) is 0 Å². The molecule has 29 heteroatoms. The molecule has 0 fully saturated rings. The van der Waals surface area contributed by atoms with Gasteiger partial charge in [0.25, 0.3) is 0 Å². The summed E-state index contributed by atoms with van der Waals surface area (Å²) in [4.78, 5) is 0. The molecule has 10 rings (SSSR count). The smallest absolute Gasteiger partial charge is 0.208 e. The molecule has 0 amide bonds. The van der Waals surface area contributed by atoms with Crippen LogP contribution in [0.15, 0.2) is 4.42 Å². The van der Waals surface area contributed by atoms with Crippen molar-refractivity contribution in [2.75, 3.05) is 0 Å². The minimum absolute atomic E-state index is 1.11. The summed E-state index contributed by atoms with van der Waals surface area (Å²) in [6.45, 7) is 0. The van der Waals surface area contributed by atoms with Crippen LogP contribution in [0.4, 0.5) is 0 Å². The number of hydrogen-bond acceptors (Lipinski definition) is 29. The number of fused-ring (bicyclic) bond motifs is 7. The molecule has 0 unspecified atom stereocenters. The molecule has 0 aliphatic rings. The van der Waals surface area contributed by atoms with Crippen LogP contribution in [0.5, 0.6) is 161 Å². The first kappa shape index (κ1) is 46.9. The summed E-state index contributed by atoms with van der Waals surface area (Å²) in [6.07, 6.45) is 0. The summed E-state index contributed by atoms with van der Waals surface area (Å²) in [5.41, 5.74) is -11.5. The molecule has 75 heavy (non-hydrogen) atoms. The molecule has 0 saturated carbocycles. The molecule has 0 spiro atoms. The van der Waals surface area contributed by atoms with E-state index in [-0.39, 0.29) is 0 Å². The second-order valence-corrected chi connectivity index (χ2v) is 16.5. The van der Waals surface area contributed by atoms with E-state index in [0.29, 0.717) is 0 Å². The molecule has 1 aromatic heterocycles. The van der Waals surface area contributed by atoms with E-state index in [1.165, 1.54) is 0 Å². The van der Waals surface area contributed by atoms with Crippen LogP contribution >= 0.6 is 0 Å². The number of hydrogen-bond donors (Lipinski definition) is 28. The van der Waals surface area contributed by atoms with Crippen molar-refractivity contribution >= 4 is 65.0 Å². The van der Waals surface area contributed by atoms with Gasteiger partial charge in [0.1, 0.15) is 17.2 Å². The highest BCUT2D eigenvalue weighted by Gasteiger charge is 2.41. The van der Waals surface area contributed by atoms with Gasteiger partial charge in [-0.25, -0.2) is 0 Å². The third-order valence-electron chi connectivity index (χ3n) is 12.9. The highest BCUT2D eigenvalue weighted by molar-refractivity contribution is 6.35. The second-order valence-electron chi connectivity index (χ2n) is 16.5. The Hall–Kier alpha value is -11.8. The van der Waals surface area contributed by atoms with Gasteiger partial charge in [-0.05, 0) is 0 Å². The van der Waals surface area contributed by atoms with E-state index < -0.39 is 259 Å². The summed E-state index contributed by atoms with van der Waals surface area (Å²) in [5, 5.41) is 302. The van der Waals surface area contributed by atoms with Crippen LogP contribution in [0.3, 0.4) is 0 Å². The normalized spacial score (nSPS) is 11.9. The van der Waals surface area contributed by atoms with E-state index in [2.05, 4.69) is 0 Å². The fourth-order valence-corrected chi connectivity index (χ4v) is 9.50. The Kier molecular flexibility index (Phi) is 9.01. The Morgan fingerprint density at radius 3 is 0.733 bits per heavy atom. The van der Waals surface area contributed by atoms with Gasteiger partial charge in [-0.3, -0.25) is 0 Å². The van der Waals surface area contributed by atoms with Crippen molar-refractivity contribution in [2.45, 2.75) is 0 Å². The van der Waals surface area contributed by atoms with Gasteiger partial charge in [-0.15, -0.1) is 0 Å². The monoisotopic (exact) mass is 1040 g/mol. The Morgan fingerprint density at radius 1 is 0.120 bits per heavy atom. The quantitative estimate of drug-likeness (QED) is 0.0631. The molecule has 386 valence electrons. The predicted octanol–water partition coefficient (Wildman–Crippen LogP) is 4.96. The molecule has 0 aliphatic carbocycles. The topological polar surface area (TPSA) is 580 Å². The molecule has 0 radical (unpaired) electrons. The second kappa shape index (κ2) is 14.4. The molecule has 10 aromatic rings. The van der Waals surface area contributed by atoms with Gasteiger partial charge in [0.05, 0.1) is 32.7 Å². The van der Waals surface area contributed by atoms with E-state index in [1.807, 2.05) is 0 Å². The molecule has 28 N–H and O–H groups in total. The van der Waals surface area contributed by atoms with Crippen molar-refractivity contribution in [2.24, 2.45) is 0 Å². The fourth-order valence-electron chi connectivity index (χ4n) is 9.50. The van der Waals surface area contributed by atoms with Crippen molar-refractivity contribution in [1.82, 2.24) is 0 Å². The van der Waals surface area contributed by atoms with Gasteiger partial charge >= 0.3 is 0 Å². The molecular formula is C46H28O29. The van der Waals surface area contributed by atoms with E-state index in [4.69, 9.17) is 4.42 Å². The van der Waals surface area contributed by atoms with E-state index in [1.54, 1.807) is 0 Å². The van der Waals surface area contributed by atoms with Crippen LogP contribution in [-0.4, -0.2) is 143 Å². The lowest BCUT2D eigenvalue weighted by Crippen LogP contribution is -1.98. The maximum absolute atomic E-state index is 12.5. The summed E-state index contributed by atoms with van der Waals surface area (Å²) >= 11 is 0. The van der Waals surface area contributed by atoms with Crippen LogP contribution < -0.4 is 0 Å². The maximum atomic E-state index is 12.5. The minimum atomic E-state index is -1.90. The third kappa shape index (κ3) is 5.20. The fraction of sp³-hybridized carbons (Fsp3) is 0. The molecule has 1 heterocycles. The number of aromatic hydroxyl groups is 28. The number of phenolic OH excluding ortho intramolecular Hbond substituents is 28. The zero-order valence-electron chi connectivity index (χ0n) is 35.9. The van der Waals surface area contributed by atoms with Gasteiger partial charge in [-0.2, -0.15) is 0 Å². The lowest BCUT2D eigenvalue weighted by Gasteiger charge is -2.25. The Balaban J connectivity index is 1.58. The Morgan fingerprint density at radius 2 is 0.347 bits per heavy atom. The summed E-state index contributed by atoms with van der Waals surface area (Å²) in [5.74, 6) is -48.0. The van der Waals surface area contributed by atoms with Gasteiger partial charge in [-0.1, -0.05) is 0 Å². The number of furan rings is 1. The van der Waals surface area contributed by atoms with Gasteiger partial charge in [0.15, 0.2) is 80.2 Å². The first-order valence-electron chi connectivity index (χ1n) is 20.2. The highest BCUT2D eigenvalue weighted by atomic mass is 16.4. The maximum Gasteiger partial charge on any atom is 0.208 e. The number of phenols is 28. The zero-order valence-corrected chi connectivity index (χ0v) is 35.9. The van der Waals surface area contributed by atoms with E-state index in [9.17, 15) is 143 Å². The first-order chi connectivity index (χ1) is 35.0. The predicted molar refractivity (Wildman–Crippen MR) is 247 cm³/mol. The molecule has 29 nitrogen and oxygen atoms in total. The first-order valence-corrected chi connectivity index (χ1v) is 20.2. The van der Waals surface area contributed by atoms with Crippen molar-refractivity contribution in [1.29, 1.82) is 0 Å². The standard InChI is InChI=1S/C46H28O29/c47-17-8(13-27(57)40(70)43(73)41(71)28(13)58)9-12(26(56)37(67)36(66)25(9)55)18(48)11(17)2-5-3(20(50)32(62)34(64)22(5)52)1(4-6(2)23(53)35(65)33(63)21(4)51)7-10-16-19(49)14-15(30(60)39(69)38(68)29(14)59)31(61)46(16)75-45(10)44(74)42(72)24(7)54/h47-74H. The zero-order chi connectivity index (χ0) is 55.3. The van der Waals surface area contributed by atoms with E-state index in [0.717, 1.165) is 0 Å². The summed E-state index contributed by atoms with van der Waals surface area (Å²) < 4.78 is 5.58. The SMILES string of the molecule is Oc1c(O)c(O)c(-c2c(O)c(-c3c4c(O)c(O)c(O)c(O)c4c(-c4c(O)c(O)c(O)c5oc6c(O)c7c(O)c(O)c(O)c(O)c7c(O)c6c45)c4c(O)c(O)c(O)c(O)c34)c(O)c3c(O)c(O)c(O)c(O)c23)c(O)c1O. The van der Waals surface area contributed by atoms with Crippen LogP contribution in [0.25, 0.3) is 98.4 Å². The van der Waals surface area contributed by atoms with Crippen LogP contribution in [-0.2, 0) is 0 Å². The third-order valence-corrected chi connectivity index (χ3v) is 12.9. The van der Waals surface area contributed by atoms with E-state index >= 15 is 0 Å². The molecule has 0 bridgehead atoms. The molecule has 0 saturated heterocycles. The molecule has 0 aliphatic heterocycles. The van der Waals surface area contributed by atoms with Gasteiger partial charge in [0.2, 0.25) is 74.7 Å². The molecule has 9 aromatic carbocycles. The Labute approximate surface area is 406 Å². The average molecular weight is 1040 g/mol. The largest absolute Gasteiger partial charge is 0.506 e. The van der Waals surface area contributed by atoms with Gasteiger partial charge < -0.3 is 147 Å². The average Bonchev–Trinajstić information content (AvgIpc) is 3.79. The van der Waals surface area contributed by atoms with Crippen molar-refractivity contribution in [3.8, 4) is 194 Å². The summed E-state index contributed by atoms with van der Waals surface area (Å²) in [7, 11) is 0. The number of benzene rings is 9. The lowest BCUT2D eigenvalue weighted by atomic mass is 9.80. The lowest BCUT2D eigenvalue weighted by molar-refractivity contribution is 0.329. The van der Waals surface area contributed by atoms with Crippen LogP contribution in [0.1, 0.15) is 0 Å². The Bertz CT molecular complexity index is 4330. The van der Waals surface area contributed by atoms with Crippen LogP contribution in [0.2, 0.25) is 0 Å². The highest BCUT2D eigenvalue weighted by Crippen LogP contribution is 2.70.